The fourth-order valence-electron chi connectivity index (χ4n) is 2.94. The Kier molecular flexibility index (Phi) is 7.25. The van der Waals surface area contributed by atoms with Gasteiger partial charge >= 0.3 is 0 Å². The van der Waals surface area contributed by atoms with Crippen LogP contribution in [0.4, 0.5) is 11.4 Å². The minimum absolute atomic E-state index is 0.0121. The number of thioether (sulfide) groups is 1. The first-order valence-corrected chi connectivity index (χ1v) is 10.7. The molecule has 1 heterocycles. The van der Waals surface area contributed by atoms with E-state index in [0.717, 1.165) is 17.1 Å². The molecule has 0 aliphatic rings. The Morgan fingerprint density at radius 1 is 1.16 bits per heavy atom. The van der Waals surface area contributed by atoms with E-state index in [9.17, 15) is 9.59 Å². The van der Waals surface area contributed by atoms with Crippen LogP contribution in [0.2, 0.25) is 0 Å². The third-order valence-electron chi connectivity index (χ3n) is 4.56. The van der Waals surface area contributed by atoms with Crippen molar-refractivity contribution >= 4 is 34.8 Å². The lowest BCUT2D eigenvalue weighted by Crippen LogP contribution is -2.14. The van der Waals surface area contributed by atoms with Gasteiger partial charge < -0.3 is 10.2 Å². The molecule has 3 rings (SSSR count). The van der Waals surface area contributed by atoms with E-state index < -0.39 is 0 Å². The van der Waals surface area contributed by atoms with Crippen LogP contribution in [0.25, 0.3) is 11.4 Å². The van der Waals surface area contributed by atoms with Crippen molar-refractivity contribution in [3.05, 3.63) is 66.7 Å². The molecule has 7 nitrogen and oxygen atoms in total. The topological polar surface area (TPSA) is 80.1 Å². The van der Waals surface area contributed by atoms with E-state index in [1.807, 2.05) is 41.8 Å². The monoisotopic (exact) mass is 435 g/mol. The number of aromatic nitrogens is 3. The van der Waals surface area contributed by atoms with Crippen molar-refractivity contribution in [1.82, 2.24) is 14.8 Å². The normalized spacial score (nSPS) is 10.5. The predicted molar refractivity (Wildman–Crippen MR) is 126 cm³/mol. The number of nitrogens with one attached hydrogen (secondary N) is 1. The molecule has 160 valence electrons. The van der Waals surface area contributed by atoms with Crippen molar-refractivity contribution in [3.8, 4) is 11.4 Å². The van der Waals surface area contributed by atoms with Crippen LogP contribution < -0.4 is 10.2 Å². The van der Waals surface area contributed by atoms with Crippen LogP contribution in [-0.2, 0) is 11.3 Å². The molecule has 1 aromatic heterocycles. The zero-order valence-electron chi connectivity index (χ0n) is 17.8. The molecule has 31 heavy (non-hydrogen) atoms. The molecular weight excluding hydrogens is 410 g/mol. The number of ketones is 1. The maximum absolute atomic E-state index is 12.4. The number of benzene rings is 2. The summed E-state index contributed by atoms with van der Waals surface area (Å²) >= 11 is 1.31. The summed E-state index contributed by atoms with van der Waals surface area (Å²) in [4.78, 5) is 25.8. The third-order valence-corrected chi connectivity index (χ3v) is 5.52. The first kappa shape index (κ1) is 22.3. The molecule has 0 radical (unpaired) electrons. The summed E-state index contributed by atoms with van der Waals surface area (Å²) in [6.45, 7) is 5.87. The van der Waals surface area contributed by atoms with Gasteiger partial charge in [-0.2, -0.15) is 0 Å². The fourth-order valence-corrected chi connectivity index (χ4v) is 3.69. The van der Waals surface area contributed by atoms with E-state index in [1.54, 1.807) is 30.3 Å². The van der Waals surface area contributed by atoms with Gasteiger partial charge in [-0.25, -0.2) is 0 Å². The predicted octanol–water partition coefficient (Wildman–Crippen LogP) is 4.13. The average molecular weight is 436 g/mol. The maximum atomic E-state index is 12.4. The smallest absolute Gasteiger partial charge is 0.234 e. The molecule has 0 aliphatic carbocycles. The molecule has 0 spiro atoms. The van der Waals surface area contributed by atoms with E-state index in [2.05, 4.69) is 28.2 Å². The Labute approximate surface area is 186 Å². The molecule has 0 fully saturated rings. The van der Waals surface area contributed by atoms with Crippen molar-refractivity contribution in [3.63, 3.8) is 0 Å². The Morgan fingerprint density at radius 3 is 2.55 bits per heavy atom. The molecule has 3 aromatic rings. The minimum Gasteiger partial charge on any atom is -0.378 e. The number of hydrogen-bond acceptors (Lipinski definition) is 6. The lowest BCUT2D eigenvalue weighted by Gasteiger charge is -2.14. The second-order valence-electron chi connectivity index (χ2n) is 7.12. The van der Waals surface area contributed by atoms with Crippen molar-refractivity contribution in [1.29, 1.82) is 0 Å². The van der Waals surface area contributed by atoms with Crippen LogP contribution in [0.5, 0.6) is 0 Å². The van der Waals surface area contributed by atoms with Crippen molar-refractivity contribution in [2.75, 3.05) is 30.1 Å². The van der Waals surface area contributed by atoms with Gasteiger partial charge in [0.15, 0.2) is 16.8 Å². The summed E-state index contributed by atoms with van der Waals surface area (Å²) in [5, 5.41) is 12.1. The van der Waals surface area contributed by atoms with E-state index in [-0.39, 0.29) is 17.4 Å². The van der Waals surface area contributed by atoms with E-state index in [1.165, 1.54) is 18.7 Å². The lowest BCUT2D eigenvalue weighted by atomic mass is 10.1. The number of hydrogen-bond donors (Lipinski definition) is 1. The number of carbonyl (C=O) groups excluding carboxylic acids is 2. The van der Waals surface area contributed by atoms with Crippen LogP contribution in [-0.4, -0.2) is 46.3 Å². The van der Waals surface area contributed by atoms with Gasteiger partial charge in [0, 0.05) is 43.1 Å². The fraction of sp³-hybridized carbons (Fsp3) is 0.217. The van der Waals surface area contributed by atoms with Crippen LogP contribution in [0.1, 0.15) is 17.3 Å². The van der Waals surface area contributed by atoms with Gasteiger partial charge in [-0.15, -0.1) is 16.8 Å². The van der Waals surface area contributed by atoms with Gasteiger partial charge in [0.2, 0.25) is 5.91 Å². The van der Waals surface area contributed by atoms with Crippen LogP contribution in [0.15, 0.2) is 66.3 Å². The highest BCUT2D eigenvalue weighted by Crippen LogP contribution is 2.27. The number of carbonyl (C=O) groups is 2. The molecule has 1 amide bonds. The Bertz CT molecular complexity index is 1090. The molecule has 0 unspecified atom stereocenters. The molecule has 0 saturated carbocycles. The van der Waals surface area contributed by atoms with Gasteiger partial charge in [0.1, 0.15) is 0 Å². The Morgan fingerprint density at radius 2 is 1.90 bits per heavy atom. The molecule has 0 aliphatic heterocycles. The summed E-state index contributed by atoms with van der Waals surface area (Å²) in [6, 6.07) is 14.9. The zero-order valence-corrected chi connectivity index (χ0v) is 18.6. The number of rotatable bonds is 9. The quantitative estimate of drug-likeness (QED) is 0.309. The zero-order chi connectivity index (χ0) is 22.4. The average Bonchev–Trinajstić information content (AvgIpc) is 3.15. The SMILES string of the molecule is C=CCn1c(SCC(=O)Nc2ccc(C(C)=O)cc2)nnc1-c1cccc(N(C)C)c1. The summed E-state index contributed by atoms with van der Waals surface area (Å²) in [5.41, 5.74) is 3.26. The molecule has 8 heteroatoms. The highest BCUT2D eigenvalue weighted by molar-refractivity contribution is 7.99. The van der Waals surface area contributed by atoms with E-state index in [0.29, 0.717) is 23.0 Å². The van der Waals surface area contributed by atoms with Gasteiger partial charge in [0.05, 0.1) is 5.75 Å². The lowest BCUT2D eigenvalue weighted by molar-refractivity contribution is -0.113. The first-order valence-electron chi connectivity index (χ1n) is 9.74. The van der Waals surface area contributed by atoms with Crippen molar-refractivity contribution in [2.45, 2.75) is 18.6 Å². The van der Waals surface area contributed by atoms with Gasteiger partial charge in [0.25, 0.3) is 0 Å². The van der Waals surface area contributed by atoms with Crippen LogP contribution in [0, 0.1) is 0 Å². The molecule has 0 saturated heterocycles. The number of nitrogens with zero attached hydrogens (tertiary/aromatic N) is 4. The van der Waals surface area contributed by atoms with Gasteiger partial charge in [-0.05, 0) is 43.3 Å². The van der Waals surface area contributed by atoms with Crippen molar-refractivity contribution < 1.29 is 9.59 Å². The first-order chi connectivity index (χ1) is 14.9. The summed E-state index contributed by atoms with van der Waals surface area (Å²) < 4.78 is 1.95. The van der Waals surface area contributed by atoms with Crippen LogP contribution in [0.3, 0.4) is 0 Å². The Balaban J connectivity index is 1.71. The highest BCUT2D eigenvalue weighted by Gasteiger charge is 2.16. The largest absolute Gasteiger partial charge is 0.378 e. The molecule has 2 aromatic carbocycles. The summed E-state index contributed by atoms with van der Waals surface area (Å²) in [7, 11) is 3.97. The second-order valence-corrected chi connectivity index (χ2v) is 8.06. The molecular formula is C23H25N5O2S. The highest BCUT2D eigenvalue weighted by atomic mass is 32.2. The number of allylic oxidation sites excluding steroid dienone is 1. The Hall–Kier alpha value is -3.39. The summed E-state index contributed by atoms with van der Waals surface area (Å²) in [5.74, 6) is 0.736. The molecule has 0 atom stereocenters. The summed E-state index contributed by atoms with van der Waals surface area (Å²) in [6.07, 6.45) is 1.78. The maximum Gasteiger partial charge on any atom is 0.234 e. The van der Waals surface area contributed by atoms with Crippen molar-refractivity contribution in [2.24, 2.45) is 0 Å². The van der Waals surface area contributed by atoms with Gasteiger partial charge in [-0.3, -0.25) is 14.2 Å². The molecule has 0 bridgehead atoms. The number of anilines is 2. The third kappa shape index (κ3) is 5.61. The standard InChI is InChI=1S/C23H25N5O2S/c1-5-13-28-22(18-7-6-8-20(14-18)27(3)4)25-26-23(28)31-15-21(30)24-19-11-9-17(10-12-19)16(2)29/h5-12,14H,1,13,15H2,2-4H3,(H,24,30). The number of Topliss-reactive ketones (excluding diaryl/α,β-unsaturated/α-hetero) is 1. The van der Waals surface area contributed by atoms with Crippen LogP contribution >= 0.6 is 11.8 Å². The minimum atomic E-state index is -0.162. The number of amides is 1. The second kappa shape index (κ2) is 10.1. The van der Waals surface area contributed by atoms with E-state index in [4.69, 9.17) is 0 Å². The molecule has 1 N–H and O–H groups in total. The van der Waals surface area contributed by atoms with Gasteiger partial charge in [-0.1, -0.05) is 30.0 Å². The van der Waals surface area contributed by atoms with E-state index >= 15 is 0 Å².